The van der Waals surface area contributed by atoms with Crippen molar-refractivity contribution in [2.75, 3.05) is 6.61 Å². The number of aromatic nitrogens is 4. The Labute approximate surface area is 148 Å². The van der Waals surface area contributed by atoms with Gasteiger partial charge in [-0.1, -0.05) is 12.1 Å². The third-order valence-corrected chi connectivity index (χ3v) is 5.58. The first-order valence-corrected chi connectivity index (χ1v) is 9.16. The Morgan fingerprint density at radius 2 is 2.12 bits per heavy atom. The number of benzene rings is 1. The van der Waals surface area contributed by atoms with Gasteiger partial charge in [0.05, 0.1) is 11.5 Å². The zero-order valence-electron chi connectivity index (χ0n) is 13.8. The number of rotatable bonds is 3. The van der Waals surface area contributed by atoms with Gasteiger partial charge in [0.1, 0.15) is 11.4 Å². The van der Waals surface area contributed by atoms with Crippen molar-refractivity contribution in [2.24, 2.45) is 0 Å². The Morgan fingerprint density at radius 1 is 1.16 bits per heavy atom. The van der Waals surface area contributed by atoms with E-state index in [1.807, 2.05) is 16.6 Å². The van der Waals surface area contributed by atoms with Crippen LogP contribution >= 0.6 is 11.3 Å². The lowest BCUT2D eigenvalue weighted by Gasteiger charge is -2.04. The number of aryl methyl sites for hydroxylation is 1. The molecule has 0 aliphatic carbocycles. The van der Waals surface area contributed by atoms with Crippen LogP contribution in [0.2, 0.25) is 0 Å². The van der Waals surface area contributed by atoms with Gasteiger partial charge in [0.15, 0.2) is 11.5 Å². The van der Waals surface area contributed by atoms with E-state index in [1.54, 1.807) is 11.3 Å². The minimum Gasteiger partial charge on any atom is -0.493 e. The molecule has 1 aliphatic rings. The predicted molar refractivity (Wildman–Crippen MR) is 97.3 cm³/mol. The topological polar surface area (TPSA) is 52.3 Å². The fourth-order valence-electron chi connectivity index (χ4n) is 3.23. The monoisotopic (exact) mass is 348 g/mol. The molecular weight excluding hydrogens is 332 g/mol. The van der Waals surface area contributed by atoms with Crippen LogP contribution in [0.3, 0.4) is 0 Å². The van der Waals surface area contributed by atoms with E-state index in [9.17, 15) is 0 Å². The SMILES string of the molecule is Cc1ccsc1-c1ccc2nnc(Cc3ccc4c(c3)CCO4)n2n1. The second kappa shape index (κ2) is 5.67. The van der Waals surface area contributed by atoms with E-state index < -0.39 is 0 Å². The van der Waals surface area contributed by atoms with Gasteiger partial charge >= 0.3 is 0 Å². The molecule has 0 N–H and O–H groups in total. The summed E-state index contributed by atoms with van der Waals surface area (Å²) in [5.41, 5.74) is 5.46. The molecule has 5 nitrogen and oxygen atoms in total. The van der Waals surface area contributed by atoms with Gasteiger partial charge in [-0.2, -0.15) is 9.61 Å². The molecular formula is C19H16N4OS. The molecule has 0 spiro atoms. The van der Waals surface area contributed by atoms with E-state index in [4.69, 9.17) is 9.84 Å². The maximum atomic E-state index is 5.58. The zero-order chi connectivity index (χ0) is 16.8. The molecule has 6 heteroatoms. The first-order chi connectivity index (χ1) is 12.3. The van der Waals surface area contributed by atoms with Gasteiger partial charge < -0.3 is 4.74 Å². The van der Waals surface area contributed by atoms with Gasteiger partial charge in [0.2, 0.25) is 0 Å². The smallest absolute Gasteiger partial charge is 0.177 e. The Morgan fingerprint density at radius 3 is 3.00 bits per heavy atom. The average Bonchev–Trinajstić information content (AvgIpc) is 3.34. The van der Waals surface area contributed by atoms with Crippen molar-refractivity contribution in [1.29, 1.82) is 0 Å². The van der Waals surface area contributed by atoms with Gasteiger partial charge in [-0.25, -0.2) is 0 Å². The molecule has 124 valence electrons. The lowest BCUT2D eigenvalue weighted by molar-refractivity contribution is 0.357. The number of thiophene rings is 1. The average molecular weight is 348 g/mol. The molecule has 0 saturated carbocycles. The van der Waals surface area contributed by atoms with Crippen molar-refractivity contribution in [1.82, 2.24) is 19.8 Å². The molecule has 0 saturated heterocycles. The lowest BCUT2D eigenvalue weighted by atomic mass is 10.1. The van der Waals surface area contributed by atoms with E-state index in [1.165, 1.54) is 21.6 Å². The van der Waals surface area contributed by atoms with Crippen molar-refractivity contribution >= 4 is 17.0 Å². The molecule has 4 heterocycles. The highest BCUT2D eigenvalue weighted by Crippen LogP contribution is 2.28. The predicted octanol–water partition coefficient (Wildman–Crippen LogP) is 3.69. The molecule has 3 aromatic heterocycles. The van der Waals surface area contributed by atoms with E-state index in [2.05, 4.69) is 46.8 Å². The molecule has 4 aromatic rings. The van der Waals surface area contributed by atoms with Gasteiger partial charge in [-0.3, -0.25) is 0 Å². The number of hydrogen-bond acceptors (Lipinski definition) is 5. The lowest BCUT2D eigenvalue weighted by Crippen LogP contribution is -2.01. The highest BCUT2D eigenvalue weighted by Gasteiger charge is 2.15. The second-order valence-corrected chi connectivity index (χ2v) is 7.17. The minimum atomic E-state index is 0.703. The molecule has 1 aromatic carbocycles. The quantitative estimate of drug-likeness (QED) is 0.567. The standard InChI is InChI=1S/C19H16N4OS/c1-12-7-9-25-19(12)15-3-5-17-20-21-18(23(17)22-15)11-13-2-4-16-14(10-13)6-8-24-16/h2-5,7,9-10H,6,8,11H2,1H3. The maximum absolute atomic E-state index is 5.58. The van der Waals surface area contributed by atoms with Crippen molar-refractivity contribution in [3.05, 3.63) is 64.3 Å². The third-order valence-electron chi connectivity index (χ3n) is 4.54. The first kappa shape index (κ1) is 14.6. The van der Waals surface area contributed by atoms with Crippen molar-refractivity contribution < 1.29 is 4.74 Å². The summed E-state index contributed by atoms with van der Waals surface area (Å²) in [5, 5.41) is 15.5. The Kier molecular flexibility index (Phi) is 3.31. The molecule has 0 amide bonds. The van der Waals surface area contributed by atoms with Crippen molar-refractivity contribution in [3.8, 4) is 16.3 Å². The molecule has 5 rings (SSSR count). The van der Waals surface area contributed by atoms with Gasteiger partial charge in [0, 0.05) is 12.8 Å². The molecule has 1 aliphatic heterocycles. The summed E-state index contributed by atoms with van der Waals surface area (Å²) in [5.74, 6) is 1.85. The van der Waals surface area contributed by atoms with Crippen LogP contribution in [0, 0.1) is 6.92 Å². The maximum Gasteiger partial charge on any atom is 0.177 e. The number of hydrogen-bond donors (Lipinski definition) is 0. The van der Waals surface area contributed by atoms with Crippen LogP contribution in [0.1, 0.15) is 22.5 Å². The summed E-state index contributed by atoms with van der Waals surface area (Å²) < 4.78 is 7.44. The molecule has 25 heavy (non-hydrogen) atoms. The number of fused-ring (bicyclic) bond motifs is 2. The molecule has 0 bridgehead atoms. The summed E-state index contributed by atoms with van der Waals surface area (Å²) in [7, 11) is 0. The summed E-state index contributed by atoms with van der Waals surface area (Å²) in [4.78, 5) is 1.19. The Bertz CT molecular complexity index is 1080. The first-order valence-electron chi connectivity index (χ1n) is 8.28. The van der Waals surface area contributed by atoms with Crippen LogP contribution in [0.4, 0.5) is 0 Å². The minimum absolute atomic E-state index is 0.703. The van der Waals surface area contributed by atoms with Crippen LogP contribution in [-0.4, -0.2) is 26.4 Å². The van der Waals surface area contributed by atoms with Crippen LogP contribution in [-0.2, 0) is 12.8 Å². The van der Waals surface area contributed by atoms with Crippen LogP contribution in [0.25, 0.3) is 16.2 Å². The third kappa shape index (κ3) is 2.49. The van der Waals surface area contributed by atoms with E-state index in [0.717, 1.165) is 35.9 Å². The highest BCUT2D eigenvalue weighted by molar-refractivity contribution is 7.13. The Hall–Kier alpha value is -2.73. The van der Waals surface area contributed by atoms with Crippen molar-refractivity contribution in [2.45, 2.75) is 19.8 Å². The van der Waals surface area contributed by atoms with E-state index in [-0.39, 0.29) is 0 Å². The zero-order valence-corrected chi connectivity index (χ0v) is 14.6. The van der Waals surface area contributed by atoms with Crippen LogP contribution in [0.5, 0.6) is 5.75 Å². The van der Waals surface area contributed by atoms with Crippen molar-refractivity contribution in [3.63, 3.8) is 0 Å². The second-order valence-electron chi connectivity index (χ2n) is 6.25. The van der Waals surface area contributed by atoms with E-state index >= 15 is 0 Å². The molecule has 0 atom stereocenters. The van der Waals surface area contributed by atoms with Gasteiger partial charge in [0.25, 0.3) is 0 Å². The van der Waals surface area contributed by atoms with Crippen LogP contribution < -0.4 is 4.74 Å². The van der Waals surface area contributed by atoms with E-state index in [0.29, 0.717) is 6.42 Å². The fraction of sp³-hybridized carbons (Fsp3) is 0.211. The largest absolute Gasteiger partial charge is 0.493 e. The summed E-state index contributed by atoms with van der Waals surface area (Å²) >= 11 is 1.71. The molecule has 0 radical (unpaired) electrons. The number of nitrogens with zero attached hydrogens (tertiary/aromatic N) is 4. The number of ether oxygens (including phenoxy) is 1. The normalized spacial score (nSPS) is 13.2. The molecule has 0 fully saturated rings. The fourth-order valence-corrected chi connectivity index (χ4v) is 4.12. The molecule has 0 unspecified atom stereocenters. The van der Waals surface area contributed by atoms with Crippen LogP contribution in [0.15, 0.2) is 41.8 Å². The Balaban J connectivity index is 1.54. The van der Waals surface area contributed by atoms with Gasteiger partial charge in [-0.15, -0.1) is 21.5 Å². The highest BCUT2D eigenvalue weighted by atomic mass is 32.1. The van der Waals surface area contributed by atoms with Gasteiger partial charge in [-0.05, 0) is 53.3 Å². The summed E-state index contributed by atoms with van der Waals surface area (Å²) in [6.07, 6.45) is 1.68. The summed E-state index contributed by atoms with van der Waals surface area (Å²) in [6.45, 7) is 2.88. The summed E-state index contributed by atoms with van der Waals surface area (Å²) in [6, 6.07) is 12.5.